The minimum absolute atomic E-state index is 0.454. The molecule has 1 heterocycles. The third-order valence-corrected chi connectivity index (χ3v) is 3.79. The zero-order valence-electron chi connectivity index (χ0n) is 13.7. The average molecular weight is 342 g/mol. The molecule has 124 valence electrons. The second-order valence-electron chi connectivity index (χ2n) is 5.43. The summed E-state index contributed by atoms with van der Waals surface area (Å²) in [7, 11) is 0. The Morgan fingerprint density at radius 1 is 0.958 bits per heavy atom. The van der Waals surface area contributed by atoms with E-state index in [1.54, 1.807) is 0 Å². The summed E-state index contributed by atoms with van der Waals surface area (Å²) in [5, 5.41) is 0.995. The van der Waals surface area contributed by atoms with E-state index in [9.17, 15) is 0 Å². The SMILES string of the molecule is CCCOc1ccc(-c2cc(OCCCl)c3ccccc3n2)cc1. The zero-order valence-corrected chi connectivity index (χ0v) is 14.4. The second kappa shape index (κ2) is 8.02. The van der Waals surface area contributed by atoms with Gasteiger partial charge in [0.05, 0.1) is 23.7 Å². The first-order chi connectivity index (χ1) is 11.8. The first-order valence-electron chi connectivity index (χ1n) is 8.13. The molecule has 0 saturated heterocycles. The molecule has 0 fully saturated rings. The van der Waals surface area contributed by atoms with Crippen molar-refractivity contribution in [3.8, 4) is 22.8 Å². The van der Waals surface area contributed by atoms with Crippen LogP contribution in [0, 0.1) is 0 Å². The van der Waals surface area contributed by atoms with Gasteiger partial charge in [0.15, 0.2) is 0 Å². The van der Waals surface area contributed by atoms with Gasteiger partial charge in [0, 0.05) is 17.0 Å². The maximum absolute atomic E-state index is 5.81. The number of pyridine rings is 1. The van der Waals surface area contributed by atoms with Crippen molar-refractivity contribution < 1.29 is 9.47 Å². The number of ether oxygens (including phenoxy) is 2. The van der Waals surface area contributed by atoms with Crippen LogP contribution in [0.4, 0.5) is 0 Å². The Bertz CT molecular complexity index is 802. The van der Waals surface area contributed by atoms with E-state index < -0.39 is 0 Å². The van der Waals surface area contributed by atoms with Gasteiger partial charge in [-0.05, 0) is 42.8 Å². The molecule has 0 radical (unpaired) electrons. The summed E-state index contributed by atoms with van der Waals surface area (Å²) in [5.41, 5.74) is 2.81. The van der Waals surface area contributed by atoms with Gasteiger partial charge in [-0.1, -0.05) is 19.1 Å². The van der Waals surface area contributed by atoms with Gasteiger partial charge >= 0.3 is 0 Å². The minimum atomic E-state index is 0.454. The van der Waals surface area contributed by atoms with Gasteiger partial charge in [-0.25, -0.2) is 4.98 Å². The molecule has 4 heteroatoms. The fourth-order valence-electron chi connectivity index (χ4n) is 2.50. The molecule has 3 rings (SSSR count). The van der Waals surface area contributed by atoms with Gasteiger partial charge < -0.3 is 9.47 Å². The molecule has 0 bridgehead atoms. The molecule has 2 aromatic carbocycles. The van der Waals surface area contributed by atoms with E-state index in [2.05, 4.69) is 6.92 Å². The highest BCUT2D eigenvalue weighted by atomic mass is 35.5. The number of alkyl halides is 1. The van der Waals surface area contributed by atoms with Gasteiger partial charge in [0.2, 0.25) is 0 Å². The lowest BCUT2D eigenvalue weighted by atomic mass is 10.1. The minimum Gasteiger partial charge on any atom is -0.494 e. The fraction of sp³-hybridized carbons (Fsp3) is 0.250. The van der Waals surface area contributed by atoms with E-state index in [0.29, 0.717) is 12.5 Å². The Kier molecular flexibility index (Phi) is 5.55. The highest BCUT2D eigenvalue weighted by Crippen LogP contribution is 2.30. The number of fused-ring (bicyclic) bond motifs is 1. The van der Waals surface area contributed by atoms with Crippen LogP contribution in [-0.2, 0) is 0 Å². The summed E-state index contributed by atoms with van der Waals surface area (Å²) in [6.45, 7) is 3.29. The molecule has 0 aliphatic carbocycles. The number of aromatic nitrogens is 1. The monoisotopic (exact) mass is 341 g/mol. The van der Waals surface area contributed by atoms with Crippen LogP contribution in [0.15, 0.2) is 54.6 Å². The lowest BCUT2D eigenvalue weighted by molar-refractivity contribution is 0.317. The van der Waals surface area contributed by atoms with Crippen LogP contribution >= 0.6 is 11.6 Å². The third-order valence-electron chi connectivity index (χ3n) is 3.64. The Morgan fingerprint density at radius 2 is 1.75 bits per heavy atom. The molecule has 0 aliphatic heterocycles. The lowest BCUT2D eigenvalue weighted by Crippen LogP contribution is -2.00. The number of para-hydroxylation sites is 1. The number of rotatable bonds is 7. The van der Waals surface area contributed by atoms with Gasteiger partial charge in [-0.2, -0.15) is 0 Å². The Labute approximate surface area is 147 Å². The lowest BCUT2D eigenvalue weighted by Gasteiger charge is -2.11. The molecule has 0 N–H and O–H groups in total. The number of nitrogens with zero attached hydrogens (tertiary/aromatic N) is 1. The number of hydrogen-bond donors (Lipinski definition) is 0. The summed E-state index contributed by atoms with van der Waals surface area (Å²) in [6, 6.07) is 17.9. The van der Waals surface area contributed by atoms with E-state index in [1.807, 2.05) is 54.6 Å². The molecule has 3 nitrogen and oxygen atoms in total. The third kappa shape index (κ3) is 3.80. The molecule has 0 unspecified atom stereocenters. The molecule has 0 atom stereocenters. The predicted octanol–water partition coefficient (Wildman–Crippen LogP) is 5.31. The maximum atomic E-state index is 5.81. The number of halogens is 1. The predicted molar refractivity (Wildman–Crippen MR) is 99.2 cm³/mol. The first kappa shape index (κ1) is 16.6. The molecule has 24 heavy (non-hydrogen) atoms. The summed E-state index contributed by atoms with van der Waals surface area (Å²) < 4.78 is 11.4. The van der Waals surface area contributed by atoms with Crippen molar-refractivity contribution in [1.82, 2.24) is 4.98 Å². The van der Waals surface area contributed by atoms with Gasteiger partial charge in [-0.3, -0.25) is 0 Å². The molecule has 3 aromatic rings. The van der Waals surface area contributed by atoms with E-state index >= 15 is 0 Å². The normalized spacial score (nSPS) is 10.8. The Balaban J connectivity index is 1.96. The topological polar surface area (TPSA) is 31.4 Å². The molecule has 0 saturated carbocycles. The van der Waals surface area contributed by atoms with Crippen molar-refractivity contribution in [2.24, 2.45) is 0 Å². The van der Waals surface area contributed by atoms with Crippen LogP contribution < -0.4 is 9.47 Å². The van der Waals surface area contributed by atoms with Crippen LogP contribution in [0.3, 0.4) is 0 Å². The summed E-state index contributed by atoms with van der Waals surface area (Å²) >= 11 is 5.76. The zero-order chi connectivity index (χ0) is 16.8. The van der Waals surface area contributed by atoms with Crippen molar-refractivity contribution in [3.63, 3.8) is 0 Å². The smallest absolute Gasteiger partial charge is 0.130 e. The quantitative estimate of drug-likeness (QED) is 0.546. The van der Waals surface area contributed by atoms with Crippen molar-refractivity contribution in [2.45, 2.75) is 13.3 Å². The maximum Gasteiger partial charge on any atom is 0.130 e. The van der Waals surface area contributed by atoms with Crippen molar-refractivity contribution >= 4 is 22.5 Å². The van der Waals surface area contributed by atoms with Crippen LogP contribution in [0.5, 0.6) is 11.5 Å². The molecule has 0 amide bonds. The highest BCUT2D eigenvalue weighted by Gasteiger charge is 2.08. The Hall–Kier alpha value is -2.26. The average Bonchev–Trinajstić information content (AvgIpc) is 2.64. The standard InChI is InChI=1S/C20H20ClNO2/c1-2-12-23-16-9-7-15(8-10-16)19-14-20(24-13-11-21)17-5-3-4-6-18(17)22-19/h3-10,14H,2,11-13H2,1H3. The van der Waals surface area contributed by atoms with Crippen LogP contribution in [0.25, 0.3) is 22.2 Å². The molecular formula is C20H20ClNO2. The highest BCUT2D eigenvalue weighted by molar-refractivity contribution is 6.18. The second-order valence-corrected chi connectivity index (χ2v) is 5.81. The van der Waals surface area contributed by atoms with Crippen molar-refractivity contribution in [1.29, 1.82) is 0 Å². The Morgan fingerprint density at radius 3 is 2.50 bits per heavy atom. The van der Waals surface area contributed by atoms with Crippen molar-refractivity contribution in [2.75, 3.05) is 19.1 Å². The van der Waals surface area contributed by atoms with E-state index in [0.717, 1.165) is 46.7 Å². The van der Waals surface area contributed by atoms with Gasteiger partial charge in [-0.15, -0.1) is 11.6 Å². The van der Waals surface area contributed by atoms with Crippen LogP contribution in [0.2, 0.25) is 0 Å². The molecule has 0 aliphatic rings. The largest absolute Gasteiger partial charge is 0.494 e. The number of benzene rings is 2. The van der Waals surface area contributed by atoms with E-state index in [-0.39, 0.29) is 0 Å². The van der Waals surface area contributed by atoms with Gasteiger partial charge in [0.25, 0.3) is 0 Å². The van der Waals surface area contributed by atoms with Crippen molar-refractivity contribution in [3.05, 3.63) is 54.6 Å². The van der Waals surface area contributed by atoms with Gasteiger partial charge in [0.1, 0.15) is 18.1 Å². The summed E-state index contributed by atoms with van der Waals surface area (Å²) in [5.74, 6) is 2.14. The molecule has 0 spiro atoms. The fourth-order valence-corrected chi connectivity index (χ4v) is 2.58. The number of hydrogen-bond acceptors (Lipinski definition) is 3. The van der Waals surface area contributed by atoms with Crippen LogP contribution in [0.1, 0.15) is 13.3 Å². The first-order valence-corrected chi connectivity index (χ1v) is 8.67. The molecule has 1 aromatic heterocycles. The summed E-state index contributed by atoms with van der Waals surface area (Å²) in [4.78, 5) is 4.75. The molecular weight excluding hydrogens is 322 g/mol. The summed E-state index contributed by atoms with van der Waals surface area (Å²) in [6.07, 6.45) is 0.995. The van der Waals surface area contributed by atoms with E-state index in [1.165, 1.54) is 0 Å². The van der Waals surface area contributed by atoms with Crippen LogP contribution in [-0.4, -0.2) is 24.1 Å². The van der Waals surface area contributed by atoms with E-state index in [4.69, 9.17) is 26.1 Å².